The summed E-state index contributed by atoms with van der Waals surface area (Å²) in [4.78, 5) is 11.9. The van der Waals surface area contributed by atoms with Crippen molar-refractivity contribution >= 4 is 12.0 Å². The second-order valence-corrected chi connectivity index (χ2v) is 5.03. The second-order valence-electron chi connectivity index (χ2n) is 5.03. The molecule has 0 radical (unpaired) electrons. The number of carbonyl (C=O) groups excluding carboxylic acids is 1. The number of nitrogens with zero attached hydrogens (tertiary/aromatic N) is 3. The van der Waals surface area contributed by atoms with Crippen LogP contribution in [0.4, 0.5) is 0 Å². The summed E-state index contributed by atoms with van der Waals surface area (Å²) in [6.45, 7) is 5.38. The summed E-state index contributed by atoms with van der Waals surface area (Å²) in [5.41, 5.74) is 2.07. The van der Waals surface area contributed by atoms with Gasteiger partial charge in [0, 0.05) is 30.8 Å². The zero-order valence-electron chi connectivity index (χ0n) is 12.0. The molecule has 1 aliphatic rings. The fraction of sp³-hybridized carbons (Fsp3) is 0.533. The van der Waals surface area contributed by atoms with Crippen LogP contribution in [0.3, 0.4) is 0 Å². The summed E-state index contributed by atoms with van der Waals surface area (Å²) in [5, 5.41) is 16.4. The molecule has 0 spiro atoms. The van der Waals surface area contributed by atoms with Crippen LogP contribution < -0.4 is 5.32 Å². The molecule has 1 saturated carbocycles. The second kappa shape index (κ2) is 6.38. The molecule has 1 aromatic heterocycles. The highest BCUT2D eigenvalue weighted by molar-refractivity contribution is 6.01. The molecule has 0 aromatic carbocycles. The van der Waals surface area contributed by atoms with Gasteiger partial charge < -0.3 is 5.32 Å². The standard InChI is InChI=1S/C15H20N4O/c1-3-7-17-15(20)12(9-16)8-13-10-19(4-2)18-14(13)11-5-6-11/h8,10-11H,3-7H2,1-2H3,(H,17,20)/b12-8-. The summed E-state index contributed by atoms with van der Waals surface area (Å²) >= 11 is 0. The molecular weight excluding hydrogens is 252 g/mol. The summed E-state index contributed by atoms with van der Waals surface area (Å²) in [5.74, 6) is 0.188. The van der Waals surface area contributed by atoms with Gasteiger partial charge in [-0.15, -0.1) is 0 Å². The van der Waals surface area contributed by atoms with Crippen LogP contribution in [0.25, 0.3) is 6.08 Å². The van der Waals surface area contributed by atoms with E-state index in [1.165, 1.54) is 0 Å². The van der Waals surface area contributed by atoms with Crippen LogP contribution >= 0.6 is 0 Å². The highest BCUT2D eigenvalue weighted by Gasteiger charge is 2.29. The Labute approximate surface area is 119 Å². The normalized spacial score (nSPS) is 14.9. The molecule has 0 saturated heterocycles. The lowest BCUT2D eigenvalue weighted by molar-refractivity contribution is -0.117. The first-order valence-corrected chi connectivity index (χ1v) is 7.16. The number of amides is 1. The fourth-order valence-corrected chi connectivity index (χ4v) is 2.04. The molecule has 1 N–H and O–H groups in total. The maximum Gasteiger partial charge on any atom is 0.261 e. The van der Waals surface area contributed by atoms with E-state index in [1.807, 2.05) is 30.8 Å². The molecule has 5 nitrogen and oxygen atoms in total. The van der Waals surface area contributed by atoms with E-state index in [4.69, 9.17) is 5.26 Å². The number of nitrogens with one attached hydrogen (secondary N) is 1. The minimum Gasteiger partial charge on any atom is -0.351 e. The quantitative estimate of drug-likeness (QED) is 0.637. The molecule has 1 fully saturated rings. The molecule has 20 heavy (non-hydrogen) atoms. The highest BCUT2D eigenvalue weighted by atomic mass is 16.1. The first-order chi connectivity index (χ1) is 9.69. The minimum atomic E-state index is -0.305. The Hall–Kier alpha value is -2.09. The van der Waals surface area contributed by atoms with E-state index in [0.29, 0.717) is 12.5 Å². The van der Waals surface area contributed by atoms with Gasteiger partial charge in [0.25, 0.3) is 5.91 Å². The first-order valence-electron chi connectivity index (χ1n) is 7.16. The van der Waals surface area contributed by atoms with E-state index < -0.39 is 0 Å². The van der Waals surface area contributed by atoms with Crippen molar-refractivity contribution in [1.82, 2.24) is 15.1 Å². The van der Waals surface area contributed by atoms with Gasteiger partial charge >= 0.3 is 0 Å². The van der Waals surface area contributed by atoms with E-state index in [1.54, 1.807) is 6.08 Å². The lowest BCUT2D eigenvalue weighted by atomic mass is 10.1. The van der Waals surface area contributed by atoms with Crippen molar-refractivity contribution in [2.24, 2.45) is 0 Å². The molecule has 106 valence electrons. The third-order valence-electron chi connectivity index (χ3n) is 3.31. The Bertz CT molecular complexity index is 561. The van der Waals surface area contributed by atoms with Crippen LogP contribution in [-0.4, -0.2) is 22.2 Å². The van der Waals surface area contributed by atoms with Gasteiger partial charge in [0.2, 0.25) is 0 Å². The van der Waals surface area contributed by atoms with Gasteiger partial charge in [-0.1, -0.05) is 6.92 Å². The Morgan fingerprint density at radius 1 is 1.60 bits per heavy atom. The fourth-order valence-electron chi connectivity index (χ4n) is 2.04. The van der Waals surface area contributed by atoms with Crippen LogP contribution in [0.5, 0.6) is 0 Å². The number of hydrogen-bond acceptors (Lipinski definition) is 3. The van der Waals surface area contributed by atoms with E-state index in [2.05, 4.69) is 10.4 Å². The number of carbonyl (C=O) groups is 1. The van der Waals surface area contributed by atoms with Gasteiger partial charge in [0.1, 0.15) is 11.6 Å². The van der Waals surface area contributed by atoms with Crippen molar-refractivity contribution in [2.45, 2.75) is 45.6 Å². The number of aromatic nitrogens is 2. The predicted molar refractivity (Wildman–Crippen MR) is 76.8 cm³/mol. The van der Waals surface area contributed by atoms with Crippen molar-refractivity contribution < 1.29 is 4.79 Å². The number of rotatable bonds is 6. The summed E-state index contributed by atoms with van der Waals surface area (Å²) in [6.07, 6.45) is 6.72. The van der Waals surface area contributed by atoms with Crippen LogP contribution in [0.1, 0.15) is 50.3 Å². The average Bonchev–Trinajstić information content (AvgIpc) is 3.23. The third-order valence-corrected chi connectivity index (χ3v) is 3.31. The van der Waals surface area contributed by atoms with E-state index >= 15 is 0 Å². The molecule has 1 heterocycles. The van der Waals surface area contributed by atoms with Crippen molar-refractivity contribution in [2.75, 3.05) is 6.54 Å². The molecule has 0 aliphatic heterocycles. The summed E-state index contributed by atoms with van der Waals surface area (Å²) in [7, 11) is 0. The maximum absolute atomic E-state index is 11.9. The number of nitriles is 1. The summed E-state index contributed by atoms with van der Waals surface area (Å²) < 4.78 is 1.86. The molecular formula is C15H20N4O. The van der Waals surface area contributed by atoms with E-state index in [-0.39, 0.29) is 11.5 Å². The lowest BCUT2D eigenvalue weighted by Crippen LogP contribution is -2.25. The lowest BCUT2D eigenvalue weighted by Gasteiger charge is -2.01. The molecule has 1 amide bonds. The van der Waals surface area contributed by atoms with E-state index in [9.17, 15) is 4.79 Å². The van der Waals surface area contributed by atoms with Gasteiger partial charge in [-0.2, -0.15) is 10.4 Å². The van der Waals surface area contributed by atoms with Gasteiger partial charge in [-0.25, -0.2) is 0 Å². The van der Waals surface area contributed by atoms with Crippen LogP contribution in [-0.2, 0) is 11.3 Å². The third kappa shape index (κ3) is 3.27. The van der Waals surface area contributed by atoms with Crippen LogP contribution in [0, 0.1) is 11.3 Å². The Morgan fingerprint density at radius 2 is 2.35 bits per heavy atom. The minimum absolute atomic E-state index is 0.149. The van der Waals surface area contributed by atoms with Gasteiger partial charge in [0.15, 0.2) is 0 Å². The monoisotopic (exact) mass is 272 g/mol. The zero-order valence-corrected chi connectivity index (χ0v) is 12.0. The van der Waals surface area contributed by atoms with Gasteiger partial charge in [0.05, 0.1) is 5.69 Å². The van der Waals surface area contributed by atoms with Gasteiger partial charge in [-0.05, 0) is 32.3 Å². The Balaban J connectivity index is 2.25. The SMILES string of the molecule is CCCNC(=O)/C(C#N)=C\c1cn(CC)nc1C1CC1. The molecule has 0 unspecified atom stereocenters. The topological polar surface area (TPSA) is 70.7 Å². The average molecular weight is 272 g/mol. The molecule has 0 bridgehead atoms. The van der Waals surface area contributed by atoms with Crippen molar-refractivity contribution in [1.29, 1.82) is 5.26 Å². The number of aryl methyl sites for hydroxylation is 1. The predicted octanol–water partition coefficient (Wildman–Crippen LogP) is 2.21. The van der Waals surface area contributed by atoms with Crippen molar-refractivity contribution in [3.63, 3.8) is 0 Å². The van der Waals surface area contributed by atoms with Gasteiger partial charge in [-0.3, -0.25) is 9.48 Å². The molecule has 1 aromatic rings. The Kier molecular flexibility index (Phi) is 4.57. The van der Waals surface area contributed by atoms with Crippen LogP contribution in [0.2, 0.25) is 0 Å². The van der Waals surface area contributed by atoms with Crippen LogP contribution in [0.15, 0.2) is 11.8 Å². The first kappa shape index (κ1) is 14.3. The molecule has 1 aliphatic carbocycles. The zero-order chi connectivity index (χ0) is 14.5. The largest absolute Gasteiger partial charge is 0.351 e. The van der Waals surface area contributed by atoms with E-state index in [0.717, 1.165) is 37.1 Å². The Morgan fingerprint density at radius 3 is 2.90 bits per heavy atom. The molecule has 0 atom stereocenters. The molecule has 5 heteroatoms. The van der Waals surface area contributed by atoms with Crippen molar-refractivity contribution in [3.05, 3.63) is 23.0 Å². The maximum atomic E-state index is 11.9. The van der Waals surface area contributed by atoms with Crippen molar-refractivity contribution in [3.8, 4) is 6.07 Å². The molecule has 2 rings (SSSR count). The highest BCUT2D eigenvalue weighted by Crippen LogP contribution is 2.41. The smallest absolute Gasteiger partial charge is 0.261 e. The number of hydrogen-bond donors (Lipinski definition) is 1. The summed E-state index contributed by atoms with van der Waals surface area (Å²) in [6, 6.07) is 1.99.